The number of rotatable bonds is 8. The van der Waals surface area contributed by atoms with Crippen LogP contribution in [0.15, 0.2) is 18.2 Å². The first kappa shape index (κ1) is 22.9. The third kappa shape index (κ3) is 6.03. The molecule has 1 heterocycles. The van der Waals surface area contributed by atoms with Gasteiger partial charge in [0.05, 0.1) is 6.61 Å². The van der Waals surface area contributed by atoms with Crippen molar-refractivity contribution in [3.05, 3.63) is 34.9 Å². The predicted molar refractivity (Wildman–Crippen MR) is 113 cm³/mol. The Labute approximate surface area is 174 Å². The molecule has 1 saturated heterocycles. The van der Waals surface area contributed by atoms with Crippen LogP contribution in [0.3, 0.4) is 0 Å². The average molecular weight is 409 g/mol. The minimum Gasteiger partial charge on any atom is -0.384 e. The SMILES string of the molecule is COCC1(CNC(=O)CCC(=O)c2ccc3c(c2)CCCC3)CCNCC1.Cl. The van der Waals surface area contributed by atoms with Gasteiger partial charge in [-0.3, -0.25) is 9.59 Å². The number of methoxy groups -OCH3 is 1. The van der Waals surface area contributed by atoms with E-state index in [-0.39, 0.29) is 42.4 Å². The zero-order valence-corrected chi connectivity index (χ0v) is 17.7. The molecule has 0 unspecified atom stereocenters. The maximum atomic E-state index is 12.5. The first-order valence-corrected chi connectivity index (χ1v) is 10.2. The van der Waals surface area contributed by atoms with E-state index in [9.17, 15) is 9.59 Å². The summed E-state index contributed by atoms with van der Waals surface area (Å²) in [5, 5.41) is 6.39. The van der Waals surface area contributed by atoms with Crippen LogP contribution < -0.4 is 10.6 Å². The maximum absolute atomic E-state index is 12.5. The molecule has 0 radical (unpaired) electrons. The molecule has 1 aliphatic heterocycles. The first-order chi connectivity index (χ1) is 13.1. The van der Waals surface area contributed by atoms with Crippen LogP contribution in [0.5, 0.6) is 0 Å². The first-order valence-electron chi connectivity index (χ1n) is 10.2. The summed E-state index contributed by atoms with van der Waals surface area (Å²) in [5.41, 5.74) is 3.45. The molecule has 0 saturated carbocycles. The van der Waals surface area contributed by atoms with Gasteiger partial charge < -0.3 is 15.4 Å². The fourth-order valence-electron chi connectivity index (χ4n) is 4.29. The third-order valence-corrected chi connectivity index (χ3v) is 6.02. The van der Waals surface area contributed by atoms with E-state index in [4.69, 9.17) is 4.74 Å². The van der Waals surface area contributed by atoms with Gasteiger partial charge in [0.25, 0.3) is 0 Å². The lowest BCUT2D eigenvalue weighted by atomic mass is 9.79. The number of hydrogen-bond acceptors (Lipinski definition) is 4. The third-order valence-electron chi connectivity index (χ3n) is 6.02. The Morgan fingerprint density at radius 3 is 2.54 bits per heavy atom. The van der Waals surface area contributed by atoms with Gasteiger partial charge in [0, 0.05) is 37.5 Å². The van der Waals surface area contributed by atoms with E-state index >= 15 is 0 Å². The normalized spacial score (nSPS) is 17.9. The topological polar surface area (TPSA) is 67.4 Å². The molecule has 28 heavy (non-hydrogen) atoms. The molecule has 1 fully saturated rings. The number of aryl methyl sites for hydroxylation is 2. The van der Waals surface area contributed by atoms with E-state index in [2.05, 4.69) is 16.7 Å². The highest BCUT2D eigenvalue weighted by Crippen LogP contribution is 2.28. The number of carbonyl (C=O) groups is 2. The zero-order valence-electron chi connectivity index (χ0n) is 16.9. The number of amides is 1. The van der Waals surface area contributed by atoms with Crippen molar-refractivity contribution in [3.63, 3.8) is 0 Å². The maximum Gasteiger partial charge on any atom is 0.220 e. The number of benzene rings is 1. The highest BCUT2D eigenvalue weighted by molar-refractivity contribution is 5.98. The Hall–Kier alpha value is -1.43. The zero-order chi connectivity index (χ0) is 19.1. The summed E-state index contributed by atoms with van der Waals surface area (Å²) in [6, 6.07) is 6.05. The Morgan fingerprint density at radius 2 is 1.82 bits per heavy atom. The van der Waals surface area contributed by atoms with Gasteiger partial charge in [-0.25, -0.2) is 0 Å². The van der Waals surface area contributed by atoms with E-state index in [0.29, 0.717) is 13.2 Å². The second-order valence-electron chi connectivity index (χ2n) is 8.07. The summed E-state index contributed by atoms with van der Waals surface area (Å²) in [6.07, 6.45) is 7.12. The largest absolute Gasteiger partial charge is 0.384 e. The molecule has 0 aromatic heterocycles. The number of ketones is 1. The fraction of sp³-hybridized carbons (Fsp3) is 0.636. The summed E-state index contributed by atoms with van der Waals surface area (Å²) in [4.78, 5) is 24.8. The lowest BCUT2D eigenvalue weighted by molar-refractivity contribution is -0.122. The van der Waals surface area contributed by atoms with Crippen molar-refractivity contribution in [1.29, 1.82) is 0 Å². The molecule has 1 aliphatic carbocycles. The minimum atomic E-state index is -0.0460. The van der Waals surface area contributed by atoms with E-state index in [1.807, 2.05) is 12.1 Å². The molecule has 0 spiro atoms. The van der Waals surface area contributed by atoms with Gasteiger partial charge in [-0.2, -0.15) is 0 Å². The van der Waals surface area contributed by atoms with Gasteiger partial charge in [0.1, 0.15) is 0 Å². The van der Waals surface area contributed by atoms with Crippen molar-refractivity contribution in [2.45, 2.75) is 51.4 Å². The summed E-state index contributed by atoms with van der Waals surface area (Å²) in [6.45, 7) is 3.18. The summed E-state index contributed by atoms with van der Waals surface area (Å²) in [7, 11) is 1.71. The molecule has 0 atom stereocenters. The van der Waals surface area contributed by atoms with Crippen LogP contribution in [-0.2, 0) is 22.4 Å². The molecule has 1 aromatic carbocycles. The number of hydrogen-bond donors (Lipinski definition) is 2. The second-order valence-corrected chi connectivity index (χ2v) is 8.07. The molecule has 156 valence electrons. The molecule has 1 aromatic rings. The lowest BCUT2D eigenvalue weighted by Gasteiger charge is -2.37. The predicted octanol–water partition coefficient (Wildman–Crippen LogP) is 3.08. The van der Waals surface area contributed by atoms with Crippen molar-refractivity contribution < 1.29 is 14.3 Å². The van der Waals surface area contributed by atoms with Gasteiger partial charge in [0.15, 0.2) is 5.78 Å². The van der Waals surface area contributed by atoms with E-state index in [0.717, 1.165) is 44.3 Å². The monoisotopic (exact) mass is 408 g/mol. The van der Waals surface area contributed by atoms with E-state index in [1.165, 1.54) is 24.0 Å². The standard InChI is InChI=1S/C22H32N2O3.ClH/c1-27-16-22(10-12-23-13-11-22)15-24-21(26)9-8-20(25)19-7-6-17-4-2-3-5-18(17)14-19;/h6-7,14,23H,2-5,8-13,15-16H2,1H3,(H,24,26);1H. The fourth-order valence-corrected chi connectivity index (χ4v) is 4.29. The molecule has 0 bridgehead atoms. The van der Waals surface area contributed by atoms with Gasteiger partial charge in [0.2, 0.25) is 5.91 Å². The number of halogens is 1. The van der Waals surface area contributed by atoms with Crippen LogP contribution in [0.4, 0.5) is 0 Å². The molecular formula is C22H33ClN2O3. The van der Waals surface area contributed by atoms with Crippen molar-refractivity contribution in [3.8, 4) is 0 Å². The molecule has 2 N–H and O–H groups in total. The Bertz CT molecular complexity index is 666. The summed E-state index contributed by atoms with van der Waals surface area (Å²) < 4.78 is 5.39. The van der Waals surface area contributed by atoms with Crippen LogP contribution >= 0.6 is 12.4 Å². The number of fused-ring (bicyclic) bond motifs is 1. The van der Waals surface area contributed by atoms with Gasteiger partial charge >= 0.3 is 0 Å². The quantitative estimate of drug-likeness (QED) is 0.648. The van der Waals surface area contributed by atoms with Crippen LogP contribution in [0.2, 0.25) is 0 Å². The molecule has 3 rings (SSSR count). The van der Waals surface area contributed by atoms with E-state index < -0.39 is 0 Å². The van der Waals surface area contributed by atoms with Crippen molar-refractivity contribution >= 4 is 24.1 Å². The number of carbonyl (C=O) groups excluding carboxylic acids is 2. The molecule has 2 aliphatic rings. The summed E-state index contributed by atoms with van der Waals surface area (Å²) >= 11 is 0. The van der Waals surface area contributed by atoms with Crippen LogP contribution in [-0.4, -0.2) is 45.0 Å². The smallest absolute Gasteiger partial charge is 0.220 e. The Kier molecular flexibility index (Phi) is 8.93. The van der Waals surface area contributed by atoms with Crippen LogP contribution in [0.25, 0.3) is 0 Å². The number of Topliss-reactive ketones (excluding diaryl/α,β-unsaturated/α-hetero) is 1. The highest BCUT2D eigenvalue weighted by Gasteiger charge is 2.32. The molecule has 5 nitrogen and oxygen atoms in total. The van der Waals surface area contributed by atoms with Crippen molar-refractivity contribution in [2.24, 2.45) is 5.41 Å². The Morgan fingerprint density at radius 1 is 1.11 bits per heavy atom. The number of nitrogens with one attached hydrogen (secondary N) is 2. The van der Waals surface area contributed by atoms with Gasteiger partial charge in [-0.15, -0.1) is 12.4 Å². The average Bonchev–Trinajstić information content (AvgIpc) is 2.71. The molecular weight excluding hydrogens is 376 g/mol. The van der Waals surface area contributed by atoms with Gasteiger partial charge in [-0.05, 0) is 68.8 Å². The highest BCUT2D eigenvalue weighted by atomic mass is 35.5. The van der Waals surface area contributed by atoms with Crippen molar-refractivity contribution in [2.75, 3.05) is 33.4 Å². The summed E-state index contributed by atoms with van der Waals surface area (Å²) in [5.74, 6) is 0.0160. The minimum absolute atomic E-state index is 0. The van der Waals surface area contributed by atoms with E-state index in [1.54, 1.807) is 7.11 Å². The molecule has 6 heteroatoms. The van der Waals surface area contributed by atoms with Crippen LogP contribution in [0.1, 0.15) is 60.0 Å². The Balaban J connectivity index is 0.00000280. The second kappa shape index (κ2) is 10.9. The number of ether oxygens (including phenoxy) is 1. The molecule has 1 amide bonds. The van der Waals surface area contributed by atoms with Gasteiger partial charge in [-0.1, -0.05) is 12.1 Å². The number of piperidine rings is 1. The van der Waals surface area contributed by atoms with Crippen molar-refractivity contribution in [1.82, 2.24) is 10.6 Å². The van der Waals surface area contributed by atoms with Crippen LogP contribution in [0, 0.1) is 5.41 Å². The lowest BCUT2D eigenvalue weighted by Crippen LogP contribution is -2.47.